The zero-order valence-corrected chi connectivity index (χ0v) is 16.4. The largest absolute Gasteiger partial charge is 0.444 e. The summed E-state index contributed by atoms with van der Waals surface area (Å²) in [5.74, 6) is -4.54. The van der Waals surface area contributed by atoms with Gasteiger partial charge in [-0.2, -0.15) is 0 Å². The Hall–Kier alpha value is -2.05. The molecule has 1 aromatic rings. The molecule has 2 unspecified atom stereocenters. The van der Waals surface area contributed by atoms with Crippen LogP contribution in [0.2, 0.25) is 0 Å². The number of Topliss-reactive ketones (excluding diaryl/α,β-unsaturated/α-hetero) is 1. The van der Waals surface area contributed by atoms with E-state index in [0.29, 0.717) is 12.8 Å². The molecular formula is C21H26F3NO3. The van der Waals surface area contributed by atoms with Gasteiger partial charge in [0.1, 0.15) is 11.4 Å². The third kappa shape index (κ3) is 4.50. The smallest absolute Gasteiger partial charge is 0.410 e. The molecule has 4 nitrogen and oxygen atoms in total. The number of carbonyl (C=O) groups excluding carboxylic acids is 2. The van der Waals surface area contributed by atoms with Crippen molar-refractivity contribution < 1.29 is 27.5 Å². The van der Waals surface area contributed by atoms with Crippen LogP contribution in [0.25, 0.3) is 0 Å². The van der Waals surface area contributed by atoms with Gasteiger partial charge in [-0.05, 0) is 70.6 Å². The first kappa shape index (κ1) is 20.7. The molecule has 0 aromatic heterocycles. The van der Waals surface area contributed by atoms with E-state index in [1.54, 1.807) is 4.90 Å². The highest BCUT2D eigenvalue weighted by Gasteiger charge is 2.44. The van der Waals surface area contributed by atoms with Gasteiger partial charge < -0.3 is 9.64 Å². The van der Waals surface area contributed by atoms with Crippen LogP contribution in [0.5, 0.6) is 0 Å². The molecule has 0 saturated carbocycles. The summed E-state index contributed by atoms with van der Waals surface area (Å²) in [5, 5.41) is 0. The molecule has 0 spiro atoms. The van der Waals surface area contributed by atoms with Crippen LogP contribution in [-0.4, -0.2) is 34.5 Å². The number of halogens is 3. The zero-order chi connectivity index (χ0) is 20.6. The maximum atomic E-state index is 13.4. The van der Waals surface area contributed by atoms with Crippen molar-refractivity contribution >= 4 is 11.9 Å². The third-order valence-electron chi connectivity index (χ3n) is 5.46. The van der Waals surface area contributed by atoms with E-state index >= 15 is 0 Å². The summed E-state index contributed by atoms with van der Waals surface area (Å²) in [6, 6.07) is 1.59. The molecule has 2 atom stereocenters. The van der Waals surface area contributed by atoms with E-state index in [1.807, 2.05) is 20.8 Å². The van der Waals surface area contributed by atoms with E-state index < -0.39 is 23.1 Å². The van der Waals surface area contributed by atoms with Gasteiger partial charge in [0.2, 0.25) is 0 Å². The highest BCUT2D eigenvalue weighted by molar-refractivity contribution is 5.84. The van der Waals surface area contributed by atoms with Crippen molar-refractivity contribution in [3.8, 4) is 0 Å². The standard InChI is InChI=1S/C21H26F3NO3/c1-21(2,3)28-20(27)25-14-5-4-6-15(25)11-13(10-14)18(26)9-12-7-16(22)19(24)17(23)8-12/h7-8,13-15H,4-6,9-11H2,1-3H3. The Morgan fingerprint density at radius 1 is 1.07 bits per heavy atom. The van der Waals surface area contributed by atoms with Crippen LogP contribution >= 0.6 is 0 Å². The predicted octanol–water partition coefficient (Wildman–Crippen LogP) is 4.78. The summed E-state index contributed by atoms with van der Waals surface area (Å²) in [7, 11) is 0. The van der Waals surface area contributed by atoms with Crippen LogP contribution in [0.3, 0.4) is 0 Å². The van der Waals surface area contributed by atoms with Crippen molar-refractivity contribution in [2.45, 2.75) is 77.0 Å². The monoisotopic (exact) mass is 397 g/mol. The van der Waals surface area contributed by atoms with E-state index in [-0.39, 0.29) is 41.9 Å². The molecule has 2 bridgehead atoms. The second-order valence-electron chi connectivity index (χ2n) is 8.81. The van der Waals surface area contributed by atoms with Gasteiger partial charge in [0.05, 0.1) is 0 Å². The molecule has 0 aliphatic carbocycles. The molecular weight excluding hydrogens is 371 g/mol. The number of ether oxygens (including phenoxy) is 1. The molecule has 28 heavy (non-hydrogen) atoms. The molecule has 1 aromatic carbocycles. The van der Waals surface area contributed by atoms with Crippen LogP contribution in [-0.2, 0) is 16.0 Å². The van der Waals surface area contributed by atoms with Crippen molar-refractivity contribution in [1.82, 2.24) is 4.90 Å². The quantitative estimate of drug-likeness (QED) is 0.690. The molecule has 154 valence electrons. The van der Waals surface area contributed by atoms with E-state index in [0.717, 1.165) is 31.4 Å². The number of nitrogens with zero attached hydrogens (tertiary/aromatic N) is 1. The van der Waals surface area contributed by atoms with Crippen LogP contribution in [0.1, 0.15) is 58.4 Å². The Labute approximate surface area is 163 Å². The van der Waals surface area contributed by atoms with E-state index in [2.05, 4.69) is 0 Å². The maximum absolute atomic E-state index is 13.4. The molecule has 2 aliphatic rings. The topological polar surface area (TPSA) is 46.6 Å². The molecule has 2 heterocycles. The number of rotatable bonds is 3. The number of amides is 1. The summed E-state index contributed by atoms with van der Waals surface area (Å²) < 4.78 is 45.5. The molecule has 0 N–H and O–H groups in total. The number of hydrogen-bond donors (Lipinski definition) is 0. The van der Waals surface area contributed by atoms with Crippen LogP contribution < -0.4 is 0 Å². The first-order valence-corrected chi connectivity index (χ1v) is 9.72. The minimum absolute atomic E-state index is 0.0713. The lowest BCUT2D eigenvalue weighted by atomic mass is 9.76. The Morgan fingerprint density at radius 3 is 2.11 bits per heavy atom. The lowest BCUT2D eigenvalue weighted by Crippen LogP contribution is -2.56. The average molecular weight is 397 g/mol. The van der Waals surface area contributed by atoms with Crippen molar-refractivity contribution in [1.29, 1.82) is 0 Å². The number of benzene rings is 1. The Balaban J connectivity index is 1.69. The third-order valence-corrected chi connectivity index (χ3v) is 5.46. The molecule has 0 radical (unpaired) electrons. The van der Waals surface area contributed by atoms with Gasteiger partial charge in [0.15, 0.2) is 17.5 Å². The van der Waals surface area contributed by atoms with Gasteiger partial charge in [0.25, 0.3) is 0 Å². The summed E-state index contributed by atoms with van der Waals surface area (Å²) in [4.78, 5) is 27.1. The SMILES string of the molecule is CC(C)(C)OC(=O)N1C2CCCC1CC(C(=O)Cc1cc(F)c(F)c(F)c1)C2. The van der Waals surface area contributed by atoms with E-state index in [1.165, 1.54) is 0 Å². The summed E-state index contributed by atoms with van der Waals surface area (Å²) in [6.07, 6.45) is 3.13. The van der Waals surface area contributed by atoms with Crippen molar-refractivity contribution in [3.63, 3.8) is 0 Å². The minimum Gasteiger partial charge on any atom is -0.444 e. The number of carbonyl (C=O) groups is 2. The van der Waals surface area contributed by atoms with Crippen molar-refractivity contribution in [2.24, 2.45) is 5.92 Å². The lowest BCUT2D eigenvalue weighted by Gasteiger charge is -2.48. The Morgan fingerprint density at radius 2 is 1.61 bits per heavy atom. The number of fused-ring (bicyclic) bond motifs is 2. The highest BCUT2D eigenvalue weighted by atomic mass is 19.2. The Bertz CT molecular complexity index is 738. The minimum atomic E-state index is -1.53. The van der Waals surface area contributed by atoms with Crippen LogP contribution in [0, 0.1) is 23.4 Å². The van der Waals surface area contributed by atoms with Gasteiger partial charge in [-0.1, -0.05) is 0 Å². The Kier molecular flexibility index (Phi) is 5.73. The van der Waals surface area contributed by atoms with E-state index in [4.69, 9.17) is 4.74 Å². The number of hydrogen-bond acceptors (Lipinski definition) is 3. The molecule has 3 rings (SSSR count). The van der Waals surface area contributed by atoms with Crippen molar-refractivity contribution in [3.05, 3.63) is 35.1 Å². The molecule has 2 aliphatic heterocycles. The van der Waals surface area contributed by atoms with Gasteiger partial charge in [-0.15, -0.1) is 0 Å². The average Bonchev–Trinajstić information content (AvgIpc) is 2.56. The van der Waals surface area contributed by atoms with Gasteiger partial charge in [0, 0.05) is 24.4 Å². The van der Waals surface area contributed by atoms with Gasteiger partial charge in [-0.3, -0.25) is 4.79 Å². The summed E-state index contributed by atoms with van der Waals surface area (Å²) in [5.41, 5.74) is -0.462. The fourth-order valence-corrected chi connectivity index (χ4v) is 4.31. The fraction of sp³-hybridized carbons (Fsp3) is 0.619. The second-order valence-corrected chi connectivity index (χ2v) is 8.81. The molecule has 1 amide bonds. The number of piperidine rings is 2. The maximum Gasteiger partial charge on any atom is 0.410 e. The molecule has 2 saturated heterocycles. The highest BCUT2D eigenvalue weighted by Crippen LogP contribution is 2.38. The first-order chi connectivity index (χ1) is 13.0. The predicted molar refractivity (Wildman–Crippen MR) is 97.3 cm³/mol. The van der Waals surface area contributed by atoms with Crippen LogP contribution in [0.4, 0.5) is 18.0 Å². The normalized spacial score (nSPS) is 24.8. The van der Waals surface area contributed by atoms with E-state index in [9.17, 15) is 22.8 Å². The van der Waals surface area contributed by atoms with Crippen molar-refractivity contribution in [2.75, 3.05) is 0 Å². The second kappa shape index (κ2) is 7.76. The van der Waals surface area contributed by atoms with Crippen LogP contribution in [0.15, 0.2) is 12.1 Å². The molecule has 2 fully saturated rings. The first-order valence-electron chi connectivity index (χ1n) is 9.72. The van der Waals surface area contributed by atoms with Gasteiger partial charge >= 0.3 is 6.09 Å². The summed E-state index contributed by atoms with van der Waals surface area (Å²) in [6.45, 7) is 5.45. The fourth-order valence-electron chi connectivity index (χ4n) is 4.31. The summed E-state index contributed by atoms with van der Waals surface area (Å²) >= 11 is 0. The number of ketones is 1. The zero-order valence-electron chi connectivity index (χ0n) is 16.4. The lowest BCUT2D eigenvalue weighted by molar-refractivity contribution is -0.126. The van der Waals surface area contributed by atoms with Gasteiger partial charge in [-0.25, -0.2) is 18.0 Å². The molecule has 7 heteroatoms.